The van der Waals surface area contributed by atoms with E-state index in [0.29, 0.717) is 18.6 Å². The Morgan fingerprint density at radius 2 is 1.85 bits per heavy atom. The van der Waals surface area contributed by atoms with Crippen molar-refractivity contribution in [3.05, 3.63) is 35.9 Å². The monoisotopic (exact) mass is 388 g/mol. The van der Waals surface area contributed by atoms with Crippen molar-refractivity contribution in [1.29, 1.82) is 0 Å². The first-order valence-electron chi connectivity index (χ1n) is 9.71. The molecule has 1 atom stereocenters. The number of hydrogen-bond acceptors (Lipinski definition) is 4. The molecule has 0 aliphatic carbocycles. The van der Waals surface area contributed by atoms with Crippen LogP contribution < -0.4 is 10.2 Å². The summed E-state index contributed by atoms with van der Waals surface area (Å²) in [5, 5.41) is 8.49. The third-order valence-electron chi connectivity index (χ3n) is 4.95. The Balaban J connectivity index is 2.50. The standard InChI is InChI=1S/C21H32N4OS/c1-7-16(5)25(21(27)22-8-2)14-18-19(17-12-10-9-11-13-17)23-26-20(18)24(6)15(3)4/h9-13,15-16H,7-8,14H2,1-6H3,(H,22,27)/t16-/m0/s1. The Labute approximate surface area is 168 Å². The lowest BCUT2D eigenvalue weighted by Gasteiger charge is -2.32. The van der Waals surface area contributed by atoms with Crippen LogP contribution in [0.3, 0.4) is 0 Å². The van der Waals surface area contributed by atoms with Crippen molar-refractivity contribution < 1.29 is 4.52 Å². The number of aromatic nitrogens is 1. The van der Waals surface area contributed by atoms with Gasteiger partial charge in [-0.05, 0) is 46.3 Å². The number of thiocarbonyl (C=S) groups is 1. The summed E-state index contributed by atoms with van der Waals surface area (Å²) < 4.78 is 5.81. The molecule has 1 N–H and O–H groups in total. The van der Waals surface area contributed by atoms with Crippen molar-refractivity contribution in [3.63, 3.8) is 0 Å². The lowest BCUT2D eigenvalue weighted by atomic mass is 10.1. The van der Waals surface area contributed by atoms with E-state index in [1.807, 2.05) is 25.2 Å². The van der Waals surface area contributed by atoms with E-state index in [1.165, 1.54) is 0 Å². The molecule has 0 radical (unpaired) electrons. The molecule has 1 heterocycles. The van der Waals surface area contributed by atoms with Crippen molar-refractivity contribution >= 4 is 23.2 Å². The molecule has 0 saturated carbocycles. The van der Waals surface area contributed by atoms with Crippen molar-refractivity contribution in [1.82, 2.24) is 15.4 Å². The number of anilines is 1. The molecule has 2 aromatic rings. The van der Waals surface area contributed by atoms with Gasteiger partial charge in [-0.2, -0.15) is 0 Å². The normalized spacial score (nSPS) is 12.1. The molecule has 1 aromatic carbocycles. The summed E-state index contributed by atoms with van der Waals surface area (Å²) in [6.07, 6.45) is 1.01. The van der Waals surface area contributed by atoms with E-state index in [4.69, 9.17) is 16.7 Å². The first kappa shape index (κ1) is 21.2. The molecular weight excluding hydrogens is 356 g/mol. The van der Waals surface area contributed by atoms with Crippen LogP contribution >= 0.6 is 12.2 Å². The summed E-state index contributed by atoms with van der Waals surface area (Å²) in [4.78, 5) is 4.36. The number of benzene rings is 1. The highest BCUT2D eigenvalue weighted by molar-refractivity contribution is 7.80. The third kappa shape index (κ3) is 5.01. The van der Waals surface area contributed by atoms with Gasteiger partial charge in [-0.3, -0.25) is 0 Å². The van der Waals surface area contributed by atoms with E-state index >= 15 is 0 Å². The Morgan fingerprint density at radius 3 is 2.41 bits per heavy atom. The molecule has 5 nitrogen and oxygen atoms in total. The van der Waals surface area contributed by atoms with E-state index in [-0.39, 0.29) is 0 Å². The van der Waals surface area contributed by atoms with Crippen LogP contribution in [0, 0.1) is 0 Å². The predicted molar refractivity (Wildman–Crippen MR) is 117 cm³/mol. The molecule has 0 fully saturated rings. The summed E-state index contributed by atoms with van der Waals surface area (Å²) in [6.45, 7) is 12.2. The second kappa shape index (κ2) is 9.74. The van der Waals surface area contributed by atoms with Gasteiger partial charge in [0.25, 0.3) is 0 Å². The van der Waals surface area contributed by atoms with Gasteiger partial charge < -0.3 is 19.6 Å². The quantitative estimate of drug-likeness (QED) is 0.663. The largest absolute Gasteiger partial charge is 0.363 e. The minimum Gasteiger partial charge on any atom is -0.363 e. The first-order chi connectivity index (χ1) is 12.9. The number of nitrogens with zero attached hydrogens (tertiary/aromatic N) is 3. The SMILES string of the molecule is CCNC(=S)N(Cc1c(-c2ccccc2)noc1N(C)C(C)C)[C@@H](C)CC. The maximum absolute atomic E-state index is 5.81. The third-order valence-corrected chi connectivity index (χ3v) is 5.33. The maximum atomic E-state index is 5.81. The fourth-order valence-electron chi connectivity index (χ4n) is 2.85. The average Bonchev–Trinajstić information content (AvgIpc) is 3.09. The topological polar surface area (TPSA) is 44.5 Å². The zero-order chi connectivity index (χ0) is 20.0. The minimum absolute atomic E-state index is 0.304. The molecule has 6 heteroatoms. The van der Waals surface area contributed by atoms with Gasteiger partial charge in [0.2, 0.25) is 5.88 Å². The lowest BCUT2D eigenvalue weighted by molar-refractivity contribution is 0.310. The van der Waals surface area contributed by atoms with E-state index < -0.39 is 0 Å². The van der Waals surface area contributed by atoms with Crippen LogP contribution in [0.15, 0.2) is 34.9 Å². The summed E-state index contributed by atoms with van der Waals surface area (Å²) in [7, 11) is 2.04. The van der Waals surface area contributed by atoms with Crippen molar-refractivity contribution in [2.45, 2.75) is 59.7 Å². The summed E-state index contributed by atoms with van der Waals surface area (Å²) in [5.41, 5.74) is 3.00. The van der Waals surface area contributed by atoms with E-state index in [9.17, 15) is 0 Å². The fraction of sp³-hybridized carbons (Fsp3) is 0.524. The molecule has 0 saturated heterocycles. The minimum atomic E-state index is 0.304. The fourth-order valence-corrected chi connectivity index (χ4v) is 3.24. The highest BCUT2D eigenvalue weighted by Crippen LogP contribution is 2.33. The van der Waals surface area contributed by atoms with Crippen LogP contribution in [-0.2, 0) is 6.54 Å². The van der Waals surface area contributed by atoms with Crippen LogP contribution in [0.4, 0.5) is 5.88 Å². The van der Waals surface area contributed by atoms with Gasteiger partial charge in [0.05, 0.1) is 12.1 Å². The van der Waals surface area contributed by atoms with Crippen LogP contribution in [-0.4, -0.2) is 40.8 Å². The Morgan fingerprint density at radius 1 is 1.19 bits per heavy atom. The second-order valence-electron chi connectivity index (χ2n) is 7.11. The van der Waals surface area contributed by atoms with Gasteiger partial charge >= 0.3 is 0 Å². The molecule has 27 heavy (non-hydrogen) atoms. The van der Waals surface area contributed by atoms with E-state index in [1.54, 1.807) is 0 Å². The number of hydrogen-bond donors (Lipinski definition) is 1. The molecule has 0 unspecified atom stereocenters. The van der Waals surface area contributed by atoms with Crippen LogP contribution in [0.5, 0.6) is 0 Å². The molecule has 148 valence electrons. The summed E-state index contributed by atoms with van der Waals surface area (Å²) in [5.74, 6) is 0.802. The first-order valence-corrected chi connectivity index (χ1v) is 10.1. The number of nitrogens with one attached hydrogen (secondary N) is 1. The van der Waals surface area contributed by atoms with Crippen LogP contribution in [0.25, 0.3) is 11.3 Å². The summed E-state index contributed by atoms with van der Waals surface area (Å²) in [6, 6.07) is 10.8. The summed E-state index contributed by atoms with van der Waals surface area (Å²) >= 11 is 5.66. The molecule has 0 aliphatic rings. The molecule has 2 rings (SSSR count). The molecule has 0 amide bonds. The van der Waals surface area contributed by atoms with Gasteiger partial charge in [-0.25, -0.2) is 0 Å². The molecule has 0 bridgehead atoms. The average molecular weight is 389 g/mol. The van der Waals surface area contributed by atoms with Gasteiger partial charge in [-0.1, -0.05) is 42.4 Å². The van der Waals surface area contributed by atoms with Crippen molar-refractivity contribution in [2.75, 3.05) is 18.5 Å². The zero-order valence-electron chi connectivity index (χ0n) is 17.3. The Hall–Kier alpha value is -2.08. The van der Waals surface area contributed by atoms with Gasteiger partial charge in [0.15, 0.2) is 5.11 Å². The maximum Gasteiger partial charge on any atom is 0.232 e. The Kier molecular flexibility index (Phi) is 7.66. The van der Waals surface area contributed by atoms with Gasteiger partial charge in [0, 0.05) is 31.2 Å². The lowest BCUT2D eigenvalue weighted by Crippen LogP contribution is -2.44. The zero-order valence-corrected chi connectivity index (χ0v) is 18.1. The molecular formula is C21H32N4OS. The van der Waals surface area contributed by atoms with Crippen LogP contribution in [0.1, 0.15) is 46.6 Å². The van der Waals surface area contributed by atoms with Gasteiger partial charge in [-0.15, -0.1) is 0 Å². The highest BCUT2D eigenvalue weighted by atomic mass is 32.1. The molecule has 0 aliphatic heterocycles. The number of rotatable bonds is 8. The molecule has 0 spiro atoms. The van der Waals surface area contributed by atoms with Gasteiger partial charge in [0.1, 0.15) is 5.69 Å². The second-order valence-corrected chi connectivity index (χ2v) is 7.49. The van der Waals surface area contributed by atoms with Crippen LogP contribution in [0.2, 0.25) is 0 Å². The Bertz CT molecular complexity index is 729. The molecule has 1 aromatic heterocycles. The highest BCUT2D eigenvalue weighted by Gasteiger charge is 2.26. The van der Waals surface area contributed by atoms with Crippen molar-refractivity contribution in [2.24, 2.45) is 0 Å². The predicted octanol–water partition coefficient (Wildman–Crippen LogP) is 4.68. The smallest absolute Gasteiger partial charge is 0.232 e. The van der Waals surface area contributed by atoms with E-state index in [0.717, 1.165) is 40.8 Å². The van der Waals surface area contributed by atoms with E-state index in [2.05, 4.69) is 67.0 Å². The van der Waals surface area contributed by atoms with Crippen molar-refractivity contribution in [3.8, 4) is 11.3 Å².